The second-order valence-corrected chi connectivity index (χ2v) is 6.68. The van der Waals surface area contributed by atoms with E-state index in [0.717, 1.165) is 0 Å². The quantitative estimate of drug-likeness (QED) is 0.844. The average Bonchev–Trinajstić information content (AvgIpc) is 2.52. The van der Waals surface area contributed by atoms with Crippen molar-refractivity contribution >= 4 is 21.4 Å². The first-order valence-electron chi connectivity index (χ1n) is 4.95. The van der Waals surface area contributed by atoms with Gasteiger partial charge < -0.3 is 0 Å². The van der Waals surface area contributed by atoms with E-state index in [4.69, 9.17) is 11.6 Å². The largest absolute Gasteiger partial charge is 0.282 e. The zero-order valence-electron chi connectivity index (χ0n) is 8.44. The highest BCUT2D eigenvalue weighted by Crippen LogP contribution is 2.23. The van der Waals surface area contributed by atoms with Gasteiger partial charge in [-0.2, -0.15) is 5.10 Å². The molecular formula is C9H11ClN2O3S. The van der Waals surface area contributed by atoms with Gasteiger partial charge in [0.1, 0.15) is 5.02 Å². The van der Waals surface area contributed by atoms with Gasteiger partial charge >= 0.3 is 0 Å². The summed E-state index contributed by atoms with van der Waals surface area (Å²) in [6.45, 7) is 0. The smallest absolute Gasteiger partial charge is 0.266 e. The van der Waals surface area contributed by atoms with Crippen molar-refractivity contribution in [1.29, 1.82) is 0 Å². The summed E-state index contributed by atoms with van der Waals surface area (Å²) in [5.41, 5.74) is 0.0553. The summed E-state index contributed by atoms with van der Waals surface area (Å²) in [7, 11) is -2.98. The summed E-state index contributed by atoms with van der Waals surface area (Å²) in [5.74, 6) is 0.245. The molecule has 0 radical (unpaired) electrons. The van der Waals surface area contributed by atoms with Crippen molar-refractivity contribution in [3.8, 4) is 0 Å². The highest BCUT2D eigenvalue weighted by molar-refractivity contribution is 7.92. The molecule has 1 aliphatic rings. The maximum atomic E-state index is 11.6. The Morgan fingerprint density at radius 3 is 2.88 bits per heavy atom. The Kier molecular flexibility index (Phi) is 3.03. The van der Waals surface area contributed by atoms with Crippen molar-refractivity contribution < 1.29 is 8.42 Å². The van der Waals surface area contributed by atoms with Crippen LogP contribution < -0.4 is 5.56 Å². The zero-order chi connectivity index (χ0) is 11.8. The second kappa shape index (κ2) is 4.18. The van der Waals surface area contributed by atoms with Gasteiger partial charge in [-0.05, 0) is 18.9 Å². The summed E-state index contributed by atoms with van der Waals surface area (Å²) in [4.78, 5) is 11.0. The van der Waals surface area contributed by atoms with Gasteiger partial charge in [0.15, 0.2) is 9.84 Å². The number of sulfone groups is 1. The SMILES string of the molecule is O=c1[nH]nc(CC2CCCS2(=O)=O)cc1Cl. The van der Waals surface area contributed by atoms with Crippen LogP contribution in [0.1, 0.15) is 18.5 Å². The van der Waals surface area contributed by atoms with E-state index in [9.17, 15) is 13.2 Å². The lowest BCUT2D eigenvalue weighted by atomic mass is 10.1. The number of aromatic nitrogens is 2. The third-order valence-corrected chi connectivity index (χ3v) is 5.27. The third-order valence-electron chi connectivity index (χ3n) is 2.71. The van der Waals surface area contributed by atoms with Crippen LogP contribution in [-0.4, -0.2) is 29.6 Å². The molecule has 1 aliphatic heterocycles. The Balaban J connectivity index is 2.21. The van der Waals surface area contributed by atoms with Gasteiger partial charge in [0.05, 0.1) is 16.7 Å². The molecule has 0 spiro atoms. The van der Waals surface area contributed by atoms with Crippen LogP contribution in [0.5, 0.6) is 0 Å². The fraction of sp³-hybridized carbons (Fsp3) is 0.556. The fourth-order valence-electron chi connectivity index (χ4n) is 1.85. The maximum absolute atomic E-state index is 11.6. The van der Waals surface area contributed by atoms with E-state index in [0.29, 0.717) is 25.0 Å². The third kappa shape index (κ3) is 2.27. The molecule has 0 saturated carbocycles. The van der Waals surface area contributed by atoms with E-state index in [2.05, 4.69) is 10.2 Å². The first kappa shape index (κ1) is 11.6. The van der Waals surface area contributed by atoms with Gasteiger partial charge in [-0.3, -0.25) is 4.79 Å². The highest BCUT2D eigenvalue weighted by atomic mass is 35.5. The lowest BCUT2D eigenvalue weighted by molar-refractivity contribution is 0.586. The van der Waals surface area contributed by atoms with Crippen molar-refractivity contribution in [2.45, 2.75) is 24.5 Å². The molecule has 1 aromatic rings. The van der Waals surface area contributed by atoms with E-state index in [1.165, 1.54) is 6.07 Å². The molecule has 5 nitrogen and oxygen atoms in total. The lowest BCUT2D eigenvalue weighted by Crippen LogP contribution is -2.20. The second-order valence-electron chi connectivity index (χ2n) is 3.87. The minimum Gasteiger partial charge on any atom is -0.266 e. The number of H-pyrrole nitrogens is 1. The van der Waals surface area contributed by atoms with Crippen LogP contribution in [0, 0.1) is 0 Å². The van der Waals surface area contributed by atoms with Crippen LogP contribution in [0.4, 0.5) is 0 Å². The van der Waals surface area contributed by atoms with E-state index in [1.807, 2.05) is 0 Å². The number of hydrogen-bond donors (Lipinski definition) is 1. The molecule has 1 saturated heterocycles. The number of hydrogen-bond acceptors (Lipinski definition) is 4. The van der Waals surface area contributed by atoms with Crippen LogP contribution in [0.25, 0.3) is 0 Å². The van der Waals surface area contributed by atoms with Crippen LogP contribution in [0.3, 0.4) is 0 Å². The first-order chi connectivity index (χ1) is 7.49. The van der Waals surface area contributed by atoms with Gasteiger partial charge in [0, 0.05) is 6.42 Å². The fourth-order valence-corrected chi connectivity index (χ4v) is 3.87. The Morgan fingerprint density at radius 2 is 2.31 bits per heavy atom. The molecule has 0 bridgehead atoms. The topological polar surface area (TPSA) is 79.9 Å². The van der Waals surface area contributed by atoms with Crippen LogP contribution >= 0.6 is 11.6 Å². The van der Waals surface area contributed by atoms with Crippen LogP contribution in [-0.2, 0) is 16.3 Å². The zero-order valence-corrected chi connectivity index (χ0v) is 10.0. The standard InChI is InChI=1S/C9H11ClN2O3S/c10-8-5-6(11-12-9(8)13)4-7-2-1-3-16(7,14)15/h5,7H,1-4H2,(H,12,13). The molecular weight excluding hydrogens is 252 g/mol. The Hall–Kier alpha value is -0.880. The normalized spacial score (nSPS) is 23.4. The molecule has 1 unspecified atom stereocenters. The molecule has 0 aromatic carbocycles. The number of aromatic amines is 1. The van der Waals surface area contributed by atoms with Crippen molar-refractivity contribution in [3.05, 3.63) is 27.1 Å². The van der Waals surface area contributed by atoms with Gasteiger partial charge in [-0.15, -0.1) is 0 Å². The van der Waals surface area contributed by atoms with Gasteiger partial charge in [-0.25, -0.2) is 13.5 Å². The Labute approximate surface area is 97.7 Å². The molecule has 7 heteroatoms. The summed E-state index contributed by atoms with van der Waals surface area (Å²) in [6, 6.07) is 1.42. The van der Waals surface area contributed by atoms with E-state index in [-0.39, 0.29) is 16.0 Å². The summed E-state index contributed by atoms with van der Waals surface area (Å²) < 4.78 is 23.2. The summed E-state index contributed by atoms with van der Waals surface area (Å²) >= 11 is 5.64. The minimum absolute atomic E-state index is 0.0420. The minimum atomic E-state index is -2.98. The first-order valence-corrected chi connectivity index (χ1v) is 7.04. The molecule has 88 valence electrons. The summed E-state index contributed by atoms with van der Waals surface area (Å²) in [6.07, 6.45) is 1.67. The molecule has 1 aromatic heterocycles. The molecule has 2 rings (SSSR count). The number of rotatable bonds is 2. The van der Waals surface area contributed by atoms with Crippen molar-refractivity contribution in [3.63, 3.8) is 0 Å². The lowest BCUT2D eigenvalue weighted by Gasteiger charge is -2.07. The number of nitrogens with one attached hydrogen (secondary N) is 1. The molecule has 1 N–H and O–H groups in total. The van der Waals surface area contributed by atoms with Crippen molar-refractivity contribution in [2.24, 2.45) is 0 Å². The predicted molar refractivity (Wildman–Crippen MR) is 60.4 cm³/mol. The summed E-state index contributed by atoms with van der Waals surface area (Å²) in [5, 5.41) is 5.67. The van der Waals surface area contributed by atoms with E-state index >= 15 is 0 Å². The Morgan fingerprint density at radius 1 is 1.56 bits per heavy atom. The molecule has 2 heterocycles. The number of nitrogens with zero attached hydrogens (tertiary/aromatic N) is 1. The molecule has 1 atom stereocenters. The molecule has 0 aliphatic carbocycles. The van der Waals surface area contributed by atoms with Crippen molar-refractivity contribution in [2.75, 3.05) is 5.75 Å². The molecule has 1 fully saturated rings. The van der Waals surface area contributed by atoms with Gasteiger partial charge in [0.2, 0.25) is 0 Å². The van der Waals surface area contributed by atoms with Crippen molar-refractivity contribution in [1.82, 2.24) is 10.2 Å². The van der Waals surface area contributed by atoms with E-state index in [1.54, 1.807) is 0 Å². The molecule has 16 heavy (non-hydrogen) atoms. The van der Waals surface area contributed by atoms with Crippen LogP contribution in [0.15, 0.2) is 10.9 Å². The van der Waals surface area contributed by atoms with E-state index < -0.39 is 15.4 Å². The monoisotopic (exact) mass is 262 g/mol. The predicted octanol–water partition coefficient (Wildman–Crippen LogP) is 0.543. The maximum Gasteiger partial charge on any atom is 0.282 e. The molecule has 0 amide bonds. The number of halogens is 1. The van der Waals surface area contributed by atoms with Gasteiger partial charge in [0.25, 0.3) is 5.56 Å². The van der Waals surface area contributed by atoms with Gasteiger partial charge in [-0.1, -0.05) is 11.6 Å². The highest BCUT2D eigenvalue weighted by Gasteiger charge is 2.31. The Bertz CT molecular complexity index is 552. The van der Waals surface area contributed by atoms with Crippen LogP contribution in [0.2, 0.25) is 5.02 Å². The average molecular weight is 263 g/mol.